The number of rotatable bonds is 5. The van der Waals surface area contributed by atoms with Crippen molar-refractivity contribution in [3.05, 3.63) is 0 Å². The first-order chi connectivity index (χ1) is 8.87. The van der Waals surface area contributed by atoms with E-state index in [2.05, 4.69) is 5.32 Å². The topological polar surface area (TPSA) is 93.4 Å². The second-order valence-electron chi connectivity index (χ2n) is 5.54. The van der Waals surface area contributed by atoms with E-state index >= 15 is 0 Å². The Kier molecular flexibility index (Phi) is 5.31. The number of carboxylic acids is 1. The highest BCUT2D eigenvalue weighted by Gasteiger charge is 2.39. The Balaban J connectivity index is 2.53. The van der Waals surface area contributed by atoms with Crippen molar-refractivity contribution < 1.29 is 14.7 Å². The molecule has 2 N–H and O–H groups in total. The third kappa shape index (κ3) is 4.21. The van der Waals surface area contributed by atoms with Gasteiger partial charge in [-0.15, -0.1) is 0 Å². The summed E-state index contributed by atoms with van der Waals surface area (Å²) in [5, 5.41) is 20.1. The Morgan fingerprint density at radius 3 is 2.79 bits per heavy atom. The molecule has 1 amide bonds. The van der Waals surface area contributed by atoms with Gasteiger partial charge in [-0.2, -0.15) is 5.26 Å². The lowest BCUT2D eigenvalue weighted by Crippen LogP contribution is -2.47. The number of carbonyl (C=O) groups is 2. The molecule has 6 heteroatoms. The van der Waals surface area contributed by atoms with E-state index in [1.54, 1.807) is 13.8 Å². The number of hydrogen-bond donors (Lipinski definition) is 2. The van der Waals surface area contributed by atoms with Gasteiger partial charge in [-0.3, -0.25) is 14.5 Å². The van der Waals surface area contributed by atoms with Crippen molar-refractivity contribution in [3.63, 3.8) is 0 Å². The van der Waals surface area contributed by atoms with Crippen LogP contribution in [0.2, 0.25) is 0 Å². The number of carboxylic acid groups (broad SMARTS) is 1. The van der Waals surface area contributed by atoms with E-state index in [-0.39, 0.29) is 24.9 Å². The molecule has 0 aromatic heterocycles. The standard InChI is InChI=1S/C13H21N3O3/c1-13(2,12(18)19)10-4-3-7-16(8-10)9-11(17)15-6-5-14/h10H,3-4,6-9H2,1-2H3,(H,15,17)(H,18,19). The summed E-state index contributed by atoms with van der Waals surface area (Å²) < 4.78 is 0. The van der Waals surface area contributed by atoms with Gasteiger partial charge in [0.1, 0.15) is 6.54 Å². The van der Waals surface area contributed by atoms with E-state index in [1.165, 1.54) is 0 Å². The molecule has 19 heavy (non-hydrogen) atoms. The largest absolute Gasteiger partial charge is 0.481 e. The fourth-order valence-corrected chi connectivity index (χ4v) is 2.36. The second kappa shape index (κ2) is 6.53. The summed E-state index contributed by atoms with van der Waals surface area (Å²) in [6.07, 6.45) is 1.77. The van der Waals surface area contributed by atoms with Crippen molar-refractivity contribution in [2.45, 2.75) is 26.7 Å². The van der Waals surface area contributed by atoms with E-state index < -0.39 is 11.4 Å². The van der Waals surface area contributed by atoms with Gasteiger partial charge in [0.2, 0.25) is 5.91 Å². The van der Waals surface area contributed by atoms with Gasteiger partial charge in [-0.1, -0.05) is 0 Å². The molecule has 0 aliphatic carbocycles. The zero-order valence-electron chi connectivity index (χ0n) is 11.5. The average Bonchev–Trinajstić information content (AvgIpc) is 2.36. The quantitative estimate of drug-likeness (QED) is 0.705. The molecule has 0 spiro atoms. The Bertz CT molecular complexity index is 387. The van der Waals surface area contributed by atoms with Crippen molar-refractivity contribution in [1.82, 2.24) is 10.2 Å². The third-order valence-corrected chi connectivity index (χ3v) is 3.81. The summed E-state index contributed by atoms with van der Waals surface area (Å²) >= 11 is 0. The normalized spacial score (nSPS) is 20.6. The Morgan fingerprint density at radius 1 is 1.53 bits per heavy atom. The number of likely N-dealkylation sites (tertiary alicyclic amines) is 1. The fourth-order valence-electron chi connectivity index (χ4n) is 2.36. The highest BCUT2D eigenvalue weighted by Crippen LogP contribution is 2.34. The molecule has 1 aliphatic rings. The molecule has 6 nitrogen and oxygen atoms in total. The lowest BCUT2D eigenvalue weighted by atomic mass is 9.74. The molecular formula is C13H21N3O3. The molecule has 0 aromatic carbocycles. The summed E-state index contributed by atoms with van der Waals surface area (Å²) in [5.41, 5.74) is -0.776. The van der Waals surface area contributed by atoms with Gasteiger partial charge < -0.3 is 10.4 Å². The first kappa shape index (κ1) is 15.4. The van der Waals surface area contributed by atoms with Crippen molar-refractivity contribution in [1.29, 1.82) is 5.26 Å². The van der Waals surface area contributed by atoms with Crippen molar-refractivity contribution in [2.75, 3.05) is 26.2 Å². The number of nitrogens with zero attached hydrogens (tertiary/aromatic N) is 2. The lowest BCUT2D eigenvalue weighted by Gasteiger charge is -2.38. The van der Waals surface area contributed by atoms with Gasteiger partial charge in [-0.25, -0.2) is 0 Å². The van der Waals surface area contributed by atoms with Crippen LogP contribution in [-0.2, 0) is 9.59 Å². The number of carbonyl (C=O) groups excluding carboxylic acids is 1. The number of nitrogens with one attached hydrogen (secondary N) is 1. The van der Waals surface area contributed by atoms with E-state index in [4.69, 9.17) is 5.26 Å². The fraction of sp³-hybridized carbons (Fsp3) is 0.769. The predicted octanol–water partition coefficient (Wildman–Crippen LogP) is 0.449. The molecule has 0 bridgehead atoms. The van der Waals surface area contributed by atoms with Crippen LogP contribution in [-0.4, -0.2) is 48.1 Å². The monoisotopic (exact) mass is 267 g/mol. The van der Waals surface area contributed by atoms with Crippen LogP contribution in [0, 0.1) is 22.7 Å². The Hall–Kier alpha value is -1.61. The smallest absolute Gasteiger partial charge is 0.309 e. The molecule has 1 aliphatic heterocycles. The first-order valence-electron chi connectivity index (χ1n) is 6.47. The molecule has 0 aromatic rings. The SMILES string of the molecule is CC(C)(C(=O)O)C1CCCN(CC(=O)NCC#N)C1. The van der Waals surface area contributed by atoms with E-state index in [0.29, 0.717) is 6.54 Å². The minimum atomic E-state index is -0.798. The van der Waals surface area contributed by atoms with Crippen LogP contribution in [0.15, 0.2) is 0 Å². The van der Waals surface area contributed by atoms with Crippen LogP contribution >= 0.6 is 0 Å². The van der Waals surface area contributed by atoms with Gasteiger partial charge in [0.05, 0.1) is 18.0 Å². The average molecular weight is 267 g/mol. The molecule has 0 radical (unpaired) electrons. The van der Waals surface area contributed by atoms with Gasteiger partial charge in [0, 0.05) is 6.54 Å². The lowest BCUT2D eigenvalue weighted by molar-refractivity contribution is -0.151. The molecule has 1 unspecified atom stereocenters. The molecule has 106 valence electrons. The van der Waals surface area contributed by atoms with E-state index in [1.807, 2.05) is 11.0 Å². The molecule has 1 atom stereocenters. The zero-order valence-corrected chi connectivity index (χ0v) is 11.5. The summed E-state index contributed by atoms with van der Waals surface area (Å²) in [7, 11) is 0. The number of piperidine rings is 1. The highest BCUT2D eigenvalue weighted by molar-refractivity contribution is 5.78. The molecule has 1 fully saturated rings. The first-order valence-corrected chi connectivity index (χ1v) is 6.47. The number of amides is 1. The highest BCUT2D eigenvalue weighted by atomic mass is 16.4. The number of aliphatic carboxylic acids is 1. The van der Waals surface area contributed by atoms with Crippen LogP contribution in [0.25, 0.3) is 0 Å². The van der Waals surface area contributed by atoms with Crippen LogP contribution in [0.4, 0.5) is 0 Å². The second-order valence-corrected chi connectivity index (χ2v) is 5.54. The third-order valence-electron chi connectivity index (χ3n) is 3.81. The summed E-state index contributed by atoms with van der Waals surface area (Å²) in [5.74, 6) is -0.939. The van der Waals surface area contributed by atoms with E-state index in [9.17, 15) is 14.7 Å². The van der Waals surface area contributed by atoms with Gasteiger partial charge in [0.25, 0.3) is 0 Å². The summed E-state index contributed by atoms with van der Waals surface area (Å²) in [6, 6.07) is 1.86. The van der Waals surface area contributed by atoms with Crippen molar-refractivity contribution in [2.24, 2.45) is 11.3 Å². The minimum absolute atomic E-state index is 0.0106. The van der Waals surface area contributed by atoms with Crippen molar-refractivity contribution >= 4 is 11.9 Å². The van der Waals surface area contributed by atoms with Gasteiger partial charge >= 0.3 is 5.97 Å². The minimum Gasteiger partial charge on any atom is -0.481 e. The number of nitriles is 1. The molecule has 1 saturated heterocycles. The van der Waals surface area contributed by atoms with E-state index in [0.717, 1.165) is 19.4 Å². The summed E-state index contributed by atoms with van der Waals surface area (Å²) in [4.78, 5) is 24.8. The van der Waals surface area contributed by atoms with Gasteiger partial charge in [0.15, 0.2) is 0 Å². The maximum atomic E-state index is 11.5. The van der Waals surface area contributed by atoms with Crippen molar-refractivity contribution in [3.8, 4) is 6.07 Å². The maximum absolute atomic E-state index is 11.5. The number of hydrogen-bond acceptors (Lipinski definition) is 4. The maximum Gasteiger partial charge on any atom is 0.309 e. The van der Waals surface area contributed by atoms with Gasteiger partial charge in [-0.05, 0) is 39.2 Å². The molecule has 1 heterocycles. The Labute approximate surface area is 113 Å². The zero-order chi connectivity index (χ0) is 14.5. The van der Waals surface area contributed by atoms with Crippen LogP contribution in [0.3, 0.4) is 0 Å². The van der Waals surface area contributed by atoms with Crippen LogP contribution in [0.1, 0.15) is 26.7 Å². The molecule has 1 rings (SSSR count). The molecule has 0 saturated carbocycles. The van der Waals surface area contributed by atoms with Crippen LogP contribution < -0.4 is 5.32 Å². The predicted molar refractivity (Wildman–Crippen MR) is 69.2 cm³/mol. The summed E-state index contributed by atoms with van der Waals surface area (Å²) in [6.45, 7) is 5.12. The Morgan fingerprint density at radius 2 is 2.21 bits per heavy atom. The molecular weight excluding hydrogens is 246 g/mol. The van der Waals surface area contributed by atoms with Crippen LogP contribution in [0.5, 0.6) is 0 Å².